The van der Waals surface area contributed by atoms with Crippen molar-refractivity contribution in [3.63, 3.8) is 0 Å². The number of nitrogens with zero attached hydrogens (tertiary/aromatic N) is 1. The number of carbonyl (C=O) groups is 1. The van der Waals surface area contributed by atoms with Crippen molar-refractivity contribution < 1.29 is 9.53 Å². The minimum absolute atomic E-state index is 0.192. The number of nitriles is 1. The summed E-state index contributed by atoms with van der Waals surface area (Å²) in [6.07, 6.45) is -0.626. The van der Waals surface area contributed by atoms with Gasteiger partial charge in [0.15, 0.2) is 6.10 Å². The molecule has 0 spiro atoms. The molecule has 4 heteroatoms. The summed E-state index contributed by atoms with van der Waals surface area (Å²) in [4.78, 5) is 12.0. The van der Waals surface area contributed by atoms with Gasteiger partial charge in [0.1, 0.15) is 5.75 Å². The minimum Gasteiger partial charge on any atom is -0.481 e. The highest BCUT2D eigenvalue weighted by Crippen LogP contribution is 2.14. The molecular formula is C18H18N2O2. The van der Waals surface area contributed by atoms with Crippen molar-refractivity contribution in [1.29, 1.82) is 5.26 Å². The molecule has 4 nitrogen and oxygen atoms in total. The summed E-state index contributed by atoms with van der Waals surface area (Å²) in [5.41, 5.74) is 2.73. The van der Waals surface area contributed by atoms with Gasteiger partial charge in [-0.2, -0.15) is 5.26 Å². The third kappa shape index (κ3) is 4.35. The van der Waals surface area contributed by atoms with Crippen LogP contribution >= 0.6 is 0 Å². The van der Waals surface area contributed by atoms with Gasteiger partial charge in [0, 0.05) is 6.54 Å². The van der Waals surface area contributed by atoms with E-state index in [1.54, 1.807) is 31.2 Å². The Morgan fingerprint density at radius 1 is 1.27 bits per heavy atom. The highest BCUT2D eigenvalue weighted by molar-refractivity contribution is 5.80. The molecule has 0 aromatic heterocycles. The molecule has 0 heterocycles. The van der Waals surface area contributed by atoms with Gasteiger partial charge in [-0.15, -0.1) is 0 Å². The molecule has 0 radical (unpaired) electrons. The van der Waals surface area contributed by atoms with Gasteiger partial charge in [-0.05, 0) is 37.6 Å². The Morgan fingerprint density at radius 3 is 2.68 bits per heavy atom. The molecule has 2 aromatic carbocycles. The van der Waals surface area contributed by atoms with E-state index in [4.69, 9.17) is 10.00 Å². The molecule has 1 unspecified atom stereocenters. The van der Waals surface area contributed by atoms with Crippen molar-refractivity contribution >= 4 is 5.91 Å². The normalized spacial score (nSPS) is 11.3. The zero-order valence-electron chi connectivity index (χ0n) is 12.7. The fourth-order valence-electron chi connectivity index (χ4n) is 1.94. The van der Waals surface area contributed by atoms with Crippen LogP contribution in [-0.2, 0) is 11.3 Å². The average Bonchev–Trinajstić information content (AvgIpc) is 2.54. The van der Waals surface area contributed by atoms with E-state index in [1.807, 2.05) is 37.3 Å². The smallest absolute Gasteiger partial charge is 0.261 e. The number of hydrogen-bond donors (Lipinski definition) is 1. The van der Waals surface area contributed by atoms with Crippen LogP contribution in [0.25, 0.3) is 0 Å². The van der Waals surface area contributed by atoms with Crippen molar-refractivity contribution in [3.05, 3.63) is 65.2 Å². The van der Waals surface area contributed by atoms with Crippen molar-refractivity contribution in [1.82, 2.24) is 5.32 Å². The Morgan fingerprint density at radius 2 is 2.00 bits per heavy atom. The van der Waals surface area contributed by atoms with E-state index in [9.17, 15) is 4.79 Å². The largest absolute Gasteiger partial charge is 0.481 e. The summed E-state index contributed by atoms with van der Waals surface area (Å²) in [5.74, 6) is 0.319. The van der Waals surface area contributed by atoms with Gasteiger partial charge >= 0.3 is 0 Å². The molecule has 0 fully saturated rings. The lowest BCUT2D eigenvalue weighted by Gasteiger charge is -2.15. The van der Waals surface area contributed by atoms with Crippen LogP contribution in [-0.4, -0.2) is 12.0 Å². The van der Waals surface area contributed by atoms with E-state index >= 15 is 0 Å². The van der Waals surface area contributed by atoms with Gasteiger partial charge in [-0.1, -0.05) is 35.9 Å². The maximum Gasteiger partial charge on any atom is 0.261 e. The van der Waals surface area contributed by atoms with Crippen LogP contribution in [0.15, 0.2) is 48.5 Å². The molecular weight excluding hydrogens is 276 g/mol. The number of aryl methyl sites for hydroxylation is 1. The van der Waals surface area contributed by atoms with Crippen molar-refractivity contribution in [2.24, 2.45) is 0 Å². The van der Waals surface area contributed by atoms with Crippen LogP contribution in [0.2, 0.25) is 0 Å². The number of benzene rings is 2. The molecule has 2 rings (SSSR count). The second-order valence-corrected chi connectivity index (χ2v) is 5.10. The fraction of sp³-hybridized carbons (Fsp3) is 0.222. The standard InChI is InChI=1S/C18H18N2O2/c1-13-6-8-15(9-7-13)12-20-18(21)14(2)22-17-5-3-4-16(10-17)11-19/h3-10,14H,12H2,1-2H3,(H,20,21). The van der Waals surface area contributed by atoms with Crippen LogP contribution in [0, 0.1) is 18.3 Å². The third-order valence-corrected chi connectivity index (χ3v) is 3.23. The van der Waals surface area contributed by atoms with Gasteiger partial charge in [-0.25, -0.2) is 0 Å². The molecule has 0 aliphatic carbocycles. The molecule has 1 N–H and O–H groups in total. The summed E-state index contributed by atoms with van der Waals surface area (Å²) in [6, 6.07) is 16.8. The predicted octanol–water partition coefficient (Wildman–Crippen LogP) is 2.95. The van der Waals surface area contributed by atoms with E-state index < -0.39 is 6.10 Å². The molecule has 22 heavy (non-hydrogen) atoms. The maximum atomic E-state index is 12.0. The number of nitrogens with one attached hydrogen (secondary N) is 1. The first-order valence-corrected chi connectivity index (χ1v) is 7.08. The zero-order chi connectivity index (χ0) is 15.9. The lowest BCUT2D eigenvalue weighted by Crippen LogP contribution is -2.35. The first kappa shape index (κ1) is 15.6. The number of carbonyl (C=O) groups excluding carboxylic acids is 1. The van der Waals surface area contributed by atoms with Gasteiger partial charge in [0.25, 0.3) is 5.91 Å². The molecule has 1 amide bonds. The highest BCUT2D eigenvalue weighted by Gasteiger charge is 2.14. The minimum atomic E-state index is -0.626. The Hall–Kier alpha value is -2.80. The number of hydrogen-bond acceptors (Lipinski definition) is 3. The first-order chi connectivity index (χ1) is 10.6. The van der Waals surface area contributed by atoms with Crippen molar-refractivity contribution in [2.45, 2.75) is 26.5 Å². The number of rotatable bonds is 5. The van der Waals surface area contributed by atoms with E-state index in [1.165, 1.54) is 5.56 Å². The average molecular weight is 294 g/mol. The summed E-state index contributed by atoms with van der Waals surface area (Å²) >= 11 is 0. The maximum absolute atomic E-state index is 12.0. The Balaban J connectivity index is 1.89. The first-order valence-electron chi connectivity index (χ1n) is 7.08. The van der Waals surface area contributed by atoms with Crippen LogP contribution in [0.5, 0.6) is 5.75 Å². The van der Waals surface area contributed by atoms with E-state index in [-0.39, 0.29) is 5.91 Å². The summed E-state index contributed by atoms with van der Waals surface area (Å²) < 4.78 is 5.56. The third-order valence-electron chi connectivity index (χ3n) is 3.23. The topological polar surface area (TPSA) is 62.1 Å². The molecule has 0 saturated carbocycles. The van der Waals surface area contributed by atoms with Gasteiger partial charge in [-0.3, -0.25) is 4.79 Å². The van der Waals surface area contributed by atoms with Crippen LogP contribution in [0.4, 0.5) is 0 Å². The van der Waals surface area contributed by atoms with Crippen LogP contribution < -0.4 is 10.1 Å². The monoisotopic (exact) mass is 294 g/mol. The van der Waals surface area contributed by atoms with E-state index in [0.717, 1.165) is 5.56 Å². The van der Waals surface area contributed by atoms with Crippen molar-refractivity contribution in [2.75, 3.05) is 0 Å². The predicted molar refractivity (Wildman–Crippen MR) is 84.3 cm³/mol. The lowest BCUT2D eigenvalue weighted by molar-refractivity contribution is -0.127. The van der Waals surface area contributed by atoms with Gasteiger partial charge in [0.2, 0.25) is 0 Å². The second-order valence-electron chi connectivity index (χ2n) is 5.10. The SMILES string of the molecule is Cc1ccc(CNC(=O)C(C)Oc2cccc(C#N)c2)cc1. The molecule has 0 aliphatic heterocycles. The molecule has 2 aromatic rings. The highest BCUT2D eigenvalue weighted by atomic mass is 16.5. The lowest BCUT2D eigenvalue weighted by atomic mass is 10.1. The summed E-state index contributed by atoms with van der Waals surface area (Å²) in [7, 11) is 0. The number of amides is 1. The number of ether oxygens (including phenoxy) is 1. The molecule has 0 saturated heterocycles. The fourth-order valence-corrected chi connectivity index (χ4v) is 1.94. The quantitative estimate of drug-likeness (QED) is 0.922. The Bertz CT molecular complexity index is 687. The molecule has 0 bridgehead atoms. The molecule has 112 valence electrons. The van der Waals surface area contributed by atoms with Crippen LogP contribution in [0.1, 0.15) is 23.6 Å². The zero-order valence-corrected chi connectivity index (χ0v) is 12.7. The summed E-state index contributed by atoms with van der Waals surface area (Å²) in [6.45, 7) is 4.17. The van der Waals surface area contributed by atoms with Crippen LogP contribution in [0.3, 0.4) is 0 Å². The molecule has 1 atom stereocenters. The second kappa shape index (κ2) is 7.28. The Kier molecular flexibility index (Phi) is 5.16. The summed E-state index contributed by atoms with van der Waals surface area (Å²) in [5, 5.41) is 11.7. The Labute approximate surface area is 130 Å². The van der Waals surface area contributed by atoms with Gasteiger partial charge < -0.3 is 10.1 Å². The van der Waals surface area contributed by atoms with E-state index in [2.05, 4.69) is 5.32 Å². The van der Waals surface area contributed by atoms with Gasteiger partial charge in [0.05, 0.1) is 11.6 Å². The molecule has 0 aliphatic rings. The van der Waals surface area contributed by atoms with E-state index in [0.29, 0.717) is 17.9 Å². The van der Waals surface area contributed by atoms with Crippen molar-refractivity contribution in [3.8, 4) is 11.8 Å².